The zero-order chi connectivity index (χ0) is 9.40. The van der Waals surface area contributed by atoms with Crippen LogP contribution >= 0.6 is 0 Å². The van der Waals surface area contributed by atoms with Crippen molar-refractivity contribution in [3.63, 3.8) is 0 Å². The van der Waals surface area contributed by atoms with Gasteiger partial charge in [-0.25, -0.2) is 0 Å². The minimum absolute atomic E-state index is 0.728. The number of hydrogen-bond donors (Lipinski definition) is 0. The lowest BCUT2D eigenvalue weighted by Gasteiger charge is -2.11. The van der Waals surface area contributed by atoms with Crippen molar-refractivity contribution in [3.8, 4) is 0 Å². The van der Waals surface area contributed by atoms with Gasteiger partial charge in [0.05, 0.1) is 0 Å². The van der Waals surface area contributed by atoms with E-state index in [0.717, 1.165) is 12.3 Å². The number of hydrogen-bond acceptors (Lipinski definition) is 0. The van der Waals surface area contributed by atoms with Crippen LogP contribution in [0.5, 0.6) is 0 Å². The molecule has 0 N–H and O–H groups in total. The van der Waals surface area contributed by atoms with Gasteiger partial charge in [0.1, 0.15) is 0 Å². The first kappa shape index (κ1) is 11.5. The fourth-order valence-electron chi connectivity index (χ4n) is 1.46. The fourth-order valence-corrected chi connectivity index (χ4v) is 1.46. The molecule has 1 unspecified atom stereocenters. The normalized spacial score (nSPS) is 15.5. The molecule has 0 aliphatic carbocycles. The smallest absolute Gasteiger partial charge is 0.0194 e. The van der Waals surface area contributed by atoms with E-state index in [4.69, 9.17) is 0 Å². The molecule has 0 aliphatic rings. The van der Waals surface area contributed by atoms with E-state index in [1.54, 1.807) is 0 Å². The van der Waals surface area contributed by atoms with E-state index in [1.165, 1.54) is 18.4 Å². The SMILES string of the molecule is CC=CC(=CCC)C(C)CCC. The lowest BCUT2D eigenvalue weighted by molar-refractivity contribution is 0.610. The second kappa shape index (κ2) is 7.15. The lowest BCUT2D eigenvalue weighted by Crippen LogP contribution is -1.96. The minimum atomic E-state index is 0.728. The molecule has 0 aliphatic heterocycles. The molecule has 0 nitrogen and oxygen atoms in total. The summed E-state index contributed by atoms with van der Waals surface area (Å²) in [4.78, 5) is 0. The van der Waals surface area contributed by atoms with E-state index in [-0.39, 0.29) is 0 Å². The van der Waals surface area contributed by atoms with E-state index in [2.05, 4.69) is 45.9 Å². The topological polar surface area (TPSA) is 0 Å². The third kappa shape index (κ3) is 4.38. The van der Waals surface area contributed by atoms with Crippen molar-refractivity contribution < 1.29 is 0 Å². The summed E-state index contributed by atoms with van der Waals surface area (Å²) in [6.45, 7) is 8.84. The van der Waals surface area contributed by atoms with Gasteiger partial charge in [-0.15, -0.1) is 0 Å². The van der Waals surface area contributed by atoms with Gasteiger partial charge in [0.15, 0.2) is 0 Å². The molecule has 1 atom stereocenters. The predicted molar refractivity (Wildman–Crippen MR) is 57.3 cm³/mol. The largest absolute Gasteiger partial charge is 0.0874 e. The summed E-state index contributed by atoms with van der Waals surface area (Å²) >= 11 is 0. The molecule has 70 valence electrons. The third-order valence-electron chi connectivity index (χ3n) is 2.09. The Morgan fingerprint density at radius 2 is 2.00 bits per heavy atom. The van der Waals surface area contributed by atoms with Crippen molar-refractivity contribution in [3.05, 3.63) is 23.8 Å². The fraction of sp³-hybridized carbons (Fsp3) is 0.667. The van der Waals surface area contributed by atoms with Gasteiger partial charge in [-0.1, -0.05) is 45.4 Å². The zero-order valence-electron chi connectivity index (χ0n) is 8.93. The van der Waals surface area contributed by atoms with E-state index >= 15 is 0 Å². The molecule has 0 saturated heterocycles. The Morgan fingerprint density at radius 1 is 1.33 bits per heavy atom. The molecule has 0 rings (SSSR count). The summed E-state index contributed by atoms with van der Waals surface area (Å²) in [6, 6.07) is 0. The Morgan fingerprint density at radius 3 is 2.42 bits per heavy atom. The summed E-state index contributed by atoms with van der Waals surface area (Å²) in [6.07, 6.45) is 10.4. The third-order valence-corrected chi connectivity index (χ3v) is 2.09. The van der Waals surface area contributed by atoms with Crippen LogP contribution in [-0.2, 0) is 0 Å². The molecule has 0 amide bonds. The minimum Gasteiger partial charge on any atom is -0.0874 e. The Bertz CT molecular complexity index is 151. The molecule has 0 radical (unpaired) electrons. The first-order chi connectivity index (χ1) is 5.76. The average molecular weight is 166 g/mol. The van der Waals surface area contributed by atoms with Crippen LogP contribution in [0.1, 0.15) is 47.0 Å². The van der Waals surface area contributed by atoms with Crippen LogP contribution in [0.15, 0.2) is 23.8 Å². The van der Waals surface area contributed by atoms with Crippen molar-refractivity contribution in [2.24, 2.45) is 5.92 Å². The molecule has 0 spiro atoms. The summed E-state index contributed by atoms with van der Waals surface area (Å²) in [7, 11) is 0. The van der Waals surface area contributed by atoms with Gasteiger partial charge in [-0.3, -0.25) is 0 Å². The highest BCUT2D eigenvalue weighted by molar-refractivity contribution is 5.20. The Labute approximate surface area is 77.4 Å². The van der Waals surface area contributed by atoms with E-state index in [1.807, 2.05) is 0 Å². The maximum absolute atomic E-state index is 2.33. The van der Waals surface area contributed by atoms with E-state index in [0.29, 0.717) is 0 Å². The van der Waals surface area contributed by atoms with Crippen molar-refractivity contribution >= 4 is 0 Å². The molecule has 0 saturated carbocycles. The van der Waals surface area contributed by atoms with Crippen LogP contribution in [0.2, 0.25) is 0 Å². The number of rotatable bonds is 5. The molecule has 0 aromatic carbocycles. The molecule has 0 aromatic heterocycles. The molecule has 0 fully saturated rings. The van der Waals surface area contributed by atoms with Crippen molar-refractivity contribution in [2.45, 2.75) is 47.0 Å². The Hall–Kier alpha value is -0.520. The first-order valence-corrected chi connectivity index (χ1v) is 5.08. The summed E-state index contributed by atoms with van der Waals surface area (Å²) in [5.74, 6) is 0.728. The van der Waals surface area contributed by atoms with Gasteiger partial charge in [-0.2, -0.15) is 0 Å². The van der Waals surface area contributed by atoms with Gasteiger partial charge < -0.3 is 0 Å². The zero-order valence-corrected chi connectivity index (χ0v) is 8.93. The molecular formula is C12H22. The summed E-state index contributed by atoms with van der Waals surface area (Å²) in [5, 5.41) is 0. The maximum atomic E-state index is 2.33. The van der Waals surface area contributed by atoms with Crippen LogP contribution in [0, 0.1) is 5.92 Å². The van der Waals surface area contributed by atoms with Crippen LogP contribution in [0.25, 0.3) is 0 Å². The van der Waals surface area contributed by atoms with Gasteiger partial charge in [0, 0.05) is 0 Å². The van der Waals surface area contributed by atoms with Crippen LogP contribution in [-0.4, -0.2) is 0 Å². The standard InChI is InChI=1S/C12H22/c1-5-8-11(4)12(9-6-2)10-7-3/h6,9-11H,5,7-8H2,1-4H3. The first-order valence-electron chi connectivity index (χ1n) is 5.08. The summed E-state index contributed by atoms with van der Waals surface area (Å²) in [5.41, 5.74) is 1.50. The molecule has 0 aromatic rings. The monoisotopic (exact) mass is 166 g/mol. The maximum Gasteiger partial charge on any atom is -0.0194 e. The van der Waals surface area contributed by atoms with Crippen LogP contribution in [0.3, 0.4) is 0 Å². The van der Waals surface area contributed by atoms with Crippen molar-refractivity contribution in [2.75, 3.05) is 0 Å². The van der Waals surface area contributed by atoms with Crippen molar-refractivity contribution in [1.82, 2.24) is 0 Å². The Balaban J connectivity index is 4.19. The molecule has 0 bridgehead atoms. The molecule has 0 heteroatoms. The van der Waals surface area contributed by atoms with E-state index < -0.39 is 0 Å². The highest BCUT2D eigenvalue weighted by atomic mass is 14.1. The van der Waals surface area contributed by atoms with Gasteiger partial charge >= 0.3 is 0 Å². The second-order valence-corrected chi connectivity index (χ2v) is 3.30. The van der Waals surface area contributed by atoms with Crippen molar-refractivity contribution in [1.29, 1.82) is 0 Å². The highest BCUT2D eigenvalue weighted by Gasteiger charge is 2.02. The lowest BCUT2D eigenvalue weighted by atomic mass is 9.95. The molecule has 0 heterocycles. The predicted octanol–water partition coefficient (Wildman–Crippen LogP) is 4.34. The van der Waals surface area contributed by atoms with Gasteiger partial charge in [-0.05, 0) is 31.3 Å². The second-order valence-electron chi connectivity index (χ2n) is 3.30. The van der Waals surface area contributed by atoms with Gasteiger partial charge in [0.25, 0.3) is 0 Å². The summed E-state index contributed by atoms with van der Waals surface area (Å²) < 4.78 is 0. The molecule has 12 heavy (non-hydrogen) atoms. The van der Waals surface area contributed by atoms with E-state index in [9.17, 15) is 0 Å². The number of allylic oxidation sites excluding steroid dienone is 4. The van der Waals surface area contributed by atoms with Crippen LogP contribution in [0.4, 0.5) is 0 Å². The van der Waals surface area contributed by atoms with Gasteiger partial charge in [0.2, 0.25) is 0 Å². The highest BCUT2D eigenvalue weighted by Crippen LogP contribution is 2.18. The average Bonchev–Trinajstić information content (AvgIpc) is 2.04. The molecular weight excluding hydrogens is 144 g/mol. The van der Waals surface area contributed by atoms with Crippen LogP contribution < -0.4 is 0 Å². The Kier molecular flexibility index (Phi) is 6.84. The quantitative estimate of drug-likeness (QED) is 0.533.